The Bertz CT molecular complexity index is 835. The van der Waals surface area contributed by atoms with Gasteiger partial charge in [0.05, 0.1) is 19.3 Å². The minimum atomic E-state index is -1.03. The average molecular weight is 377 g/mol. The number of carbonyl (C=O) groups excluding carboxylic acids is 1. The SMILES string of the molecule is COc1ccc(Cl)cc1C=CC(=O)N1CC(n2cc(C(C)(C)O)nn2)C1. The van der Waals surface area contributed by atoms with E-state index in [1.165, 1.54) is 6.08 Å². The molecule has 138 valence electrons. The summed E-state index contributed by atoms with van der Waals surface area (Å²) < 4.78 is 6.96. The number of hydrogen-bond acceptors (Lipinski definition) is 5. The number of likely N-dealkylation sites (tertiary alicyclic amines) is 1. The van der Waals surface area contributed by atoms with Crippen LogP contribution >= 0.6 is 11.6 Å². The van der Waals surface area contributed by atoms with Crippen molar-refractivity contribution < 1.29 is 14.6 Å². The van der Waals surface area contributed by atoms with E-state index in [2.05, 4.69) is 10.3 Å². The molecule has 1 fully saturated rings. The maximum Gasteiger partial charge on any atom is 0.246 e. The van der Waals surface area contributed by atoms with Gasteiger partial charge in [-0.2, -0.15) is 0 Å². The lowest BCUT2D eigenvalue weighted by atomic mass is 10.1. The molecule has 0 unspecified atom stereocenters. The van der Waals surface area contributed by atoms with E-state index in [-0.39, 0.29) is 11.9 Å². The van der Waals surface area contributed by atoms with Crippen molar-refractivity contribution in [2.45, 2.75) is 25.5 Å². The van der Waals surface area contributed by atoms with Gasteiger partial charge in [0.1, 0.15) is 17.0 Å². The van der Waals surface area contributed by atoms with Crippen LogP contribution in [0.4, 0.5) is 0 Å². The van der Waals surface area contributed by atoms with Crippen LogP contribution in [-0.2, 0) is 10.4 Å². The molecule has 1 aliphatic heterocycles. The lowest BCUT2D eigenvalue weighted by molar-refractivity contribution is -0.131. The molecule has 1 aliphatic rings. The summed E-state index contributed by atoms with van der Waals surface area (Å²) in [5.41, 5.74) is 0.225. The normalized spacial score (nSPS) is 15.3. The zero-order chi connectivity index (χ0) is 18.9. The Labute approximate surface area is 156 Å². The van der Waals surface area contributed by atoms with Crippen LogP contribution in [0.1, 0.15) is 31.1 Å². The van der Waals surface area contributed by atoms with E-state index >= 15 is 0 Å². The van der Waals surface area contributed by atoms with E-state index in [9.17, 15) is 9.90 Å². The summed E-state index contributed by atoms with van der Waals surface area (Å²) in [6.45, 7) is 4.41. The molecule has 2 heterocycles. The van der Waals surface area contributed by atoms with Crippen molar-refractivity contribution in [1.29, 1.82) is 0 Å². The summed E-state index contributed by atoms with van der Waals surface area (Å²) in [6, 6.07) is 5.31. The summed E-state index contributed by atoms with van der Waals surface area (Å²) >= 11 is 5.99. The summed E-state index contributed by atoms with van der Waals surface area (Å²) in [5.74, 6) is 0.563. The molecule has 0 spiro atoms. The zero-order valence-corrected chi connectivity index (χ0v) is 15.6. The largest absolute Gasteiger partial charge is 0.496 e. The molecule has 0 saturated carbocycles. The summed E-state index contributed by atoms with van der Waals surface area (Å²) in [6.07, 6.45) is 4.93. The van der Waals surface area contributed by atoms with Crippen molar-refractivity contribution in [1.82, 2.24) is 19.9 Å². The Kier molecular flexibility index (Phi) is 5.02. The van der Waals surface area contributed by atoms with Gasteiger partial charge in [0.15, 0.2) is 0 Å². The average Bonchev–Trinajstić information content (AvgIpc) is 3.01. The Hall–Kier alpha value is -2.38. The first kappa shape index (κ1) is 18.4. The second-order valence-electron chi connectivity index (χ2n) is 6.76. The van der Waals surface area contributed by atoms with Crippen molar-refractivity contribution in [3.63, 3.8) is 0 Å². The van der Waals surface area contributed by atoms with Gasteiger partial charge in [-0.1, -0.05) is 16.8 Å². The van der Waals surface area contributed by atoms with E-state index in [0.29, 0.717) is 29.6 Å². The molecule has 1 aromatic heterocycles. The van der Waals surface area contributed by atoms with E-state index in [4.69, 9.17) is 16.3 Å². The quantitative estimate of drug-likeness (QED) is 0.809. The van der Waals surface area contributed by atoms with E-state index in [0.717, 1.165) is 5.56 Å². The van der Waals surface area contributed by atoms with Gasteiger partial charge in [-0.05, 0) is 38.1 Å². The van der Waals surface area contributed by atoms with Crippen LogP contribution in [0.3, 0.4) is 0 Å². The molecule has 1 aromatic carbocycles. The third-order valence-corrected chi connectivity index (χ3v) is 4.52. The van der Waals surface area contributed by atoms with Crippen molar-refractivity contribution in [2.75, 3.05) is 20.2 Å². The molecule has 1 N–H and O–H groups in total. The smallest absolute Gasteiger partial charge is 0.246 e. The van der Waals surface area contributed by atoms with Crippen molar-refractivity contribution in [2.24, 2.45) is 0 Å². The first-order valence-corrected chi connectivity index (χ1v) is 8.61. The monoisotopic (exact) mass is 376 g/mol. The number of hydrogen-bond donors (Lipinski definition) is 1. The van der Waals surface area contributed by atoms with Crippen LogP contribution in [-0.4, -0.2) is 51.1 Å². The number of rotatable bonds is 5. The molecule has 26 heavy (non-hydrogen) atoms. The summed E-state index contributed by atoms with van der Waals surface area (Å²) in [4.78, 5) is 14.0. The second-order valence-corrected chi connectivity index (χ2v) is 7.20. The molecular formula is C18H21ClN4O3. The number of halogens is 1. The first-order chi connectivity index (χ1) is 12.3. The predicted molar refractivity (Wildman–Crippen MR) is 97.9 cm³/mol. The van der Waals surface area contributed by atoms with Gasteiger partial charge in [0.25, 0.3) is 0 Å². The van der Waals surface area contributed by atoms with E-state index < -0.39 is 5.60 Å². The number of benzene rings is 1. The Morgan fingerprint density at radius 3 is 2.77 bits per heavy atom. The highest BCUT2D eigenvalue weighted by atomic mass is 35.5. The maximum absolute atomic E-state index is 12.3. The van der Waals surface area contributed by atoms with E-state index in [1.807, 2.05) is 0 Å². The highest BCUT2D eigenvalue weighted by molar-refractivity contribution is 6.30. The summed E-state index contributed by atoms with van der Waals surface area (Å²) in [5, 5.41) is 18.6. The Morgan fingerprint density at radius 1 is 1.42 bits per heavy atom. The molecular weight excluding hydrogens is 356 g/mol. The fraction of sp³-hybridized carbons (Fsp3) is 0.389. The third-order valence-electron chi connectivity index (χ3n) is 4.28. The first-order valence-electron chi connectivity index (χ1n) is 8.23. The number of ether oxygens (including phenoxy) is 1. The summed E-state index contributed by atoms with van der Waals surface area (Å²) in [7, 11) is 1.57. The molecule has 1 amide bonds. The second kappa shape index (κ2) is 7.09. The van der Waals surface area contributed by atoms with Crippen LogP contribution in [0.5, 0.6) is 5.75 Å². The van der Waals surface area contributed by atoms with Crippen molar-refractivity contribution in [3.05, 3.63) is 46.8 Å². The minimum Gasteiger partial charge on any atom is -0.496 e. The fourth-order valence-corrected chi connectivity index (χ4v) is 2.82. The number of aromatic nitrogens is 3. The predicted octanol–water partition coefficient (Wildman–Crippen LogP) is 2.26. The minimum absolute atomic E-state index is 0.0663. The van der Waals surface area contributed by atoms with Gasteiger partial charge < -0.3 is 14.7 Å². The van der Waals surface area contributed by atoms with Gasteiger partial charge >= 0.3 is 0 Å². The van der Waals surface area contributed by atoms with Gasteiger partial charge in [-0.3, -0.25) is 4.79 Å². The molecule has 0 bridgehead atoms. The maximum atomic E-state index is 12.3. The fourth-order valence-electron chi connectivity index (χ4n) is 2.64. The number of amides is 1. The number of aliphatic hydroxyl groups is 1. The Balaban J connectivity index is 1.60. The topological polar surface area (TPSA) is 80.5 Å². The third kappa shape index (κ3) is 3.89. The molecule has 1 saturated heterocycles. The van der Waals surface area contributed by atoms with Crippen molar-refractivity contribution in [3.8, 4) is 5.75 Å². The van der Waals surface area contributed by atoms with Crippen LogP contribution < -0.4 is 4.74 Å². The standard InChI is InChI=1S/C18H21ClN4O3/c1-18(2,25)16-11-23(21-20-16)14-9-22(10-14)17(24)7-4-12-8-13(19)5-6-15(12)26-3/h4-8,11,14,25H,9-10H2,1-3H3. The van der Waals surface area contributed by atoms with Gasteiger partial charge in [0, 0.05) is 29.8 Å². The number of nitrogens with zero attached hydrogens (tertiary/aromatic N) is 4. The lowest BCUT2D eigenvalue weighted by Crippen LogP contribution is -2.50. The number of carbonyl (C=O) groups is 1. The van der Waals surface area contributed by atoms with Crippen LogP contribution in [0.15, 0.2) is 30.5 Å². The molecule has 0 aliphatic carbocycles. The van der Waals surface area contributed by atoms with Gasteiger partial charge in [-0.15, -0.1) is 5.10 Å². The van der Waals surface area contributed by atoms with E-state index in [1.54, 1.807) is 61.0 Å². The lowest BCUT2D eigenvalue weighted by Gasteiger charge is -2.38. The van der Waals surface area contributed by atoms with Crippen LogP contribution in [0, 0.1) is 0 Å². The molecule has 8 heteroatoms. The zero-order valence-electron chi connectivity index (χ0n) is 14.9. The number of methoxy groups -OCH3 is 1. The molecule has 0 atom stereocenters. The Morgan fingerprint density at radius 2 is 2.15 bits per heavy atom. The molecule has 2 aromatic rings. The van der Waals surface area contributed by atoms with Crippen molar-refractivity contribution >= 4 is 23.6 Å². The molecule has 7 nitrogen and oxygen atoms in total. The van der Waals surface area contributed by atoms with Crippen LogP contribution in [0.2, 0.25) is 5.02 Å². The highest BCUT2D eigenvalue weighted by Crippen LogP contribution is 2.26. The van der Waals surface area contributed by atoms with Gasteiger partial charge in [-0.25, -0.2) is 4.68 Å². The van der Waals surface area contributed by atoms with Crippen LogP contribution in [0.25, 0.3) is 6.08 Å². The molecule has 3 rings (SSSR count). The molecule has 0 radical (unpaired) electrons. The highest BCUT2D eigenvalue weighted by Gasteiger charge is 2.32. The van der Waals surface area contributed by atoms with Gasteiger partial charge in [0.2, 0.25) is 5.91 Å².